The van der Waals surface area contributed by atoms with Crippen molar-refractivity contribution in [2.45, 2.75) is 65.6 Å². The fourth-order valence-electron chi connectivity index (χ4n) is 1.02. The third-order valence-corrected chi connectivity index (χ3v) is 2.99. The van der Waals surface area contributed by atoms with E-state index in [1.807, 2.05) is 0 Å². The van der Waals surface area contributed by atoms with Gasteiger partial charge in [-0.3, -0.25) is 19.2 Å². The second kappa shape index (κ2) is 22.5. The van der Waals surface area contributed by atoms with Gasteiger partial charge in [0.1, 0.15) is 19.3 Å². The molecule has 0 aromatic rings. The van der Waals surface area contributed by atoms with Gasteiger partial charge in [-0.25, -0.2) is 0 Å². The molecule has 0 aliphatic heterocycles. The molecule has 0 aliphatic carbocycles. The van der Waals surface area contributed by atoms with Gasteiger partial charge in [0.2, 0.25) is 5.24 Å². The summed E-state index contributed by atoms with van der Waals surface area (Å²) in [4.78, 5) is 42.7. The largest absolute Gasteiger partial charge is 0.462 e. The van der Waals surface area contributed by atoms with Crippen LogP contribution in [0.4, 0.5) is 0 Å². The summed E-state index contributed by atoms with van der Waals surface area (Å²) in [6.45, 7) is 5.75. The Morgan fingerprint density at radius 2 is 1.10 bits per heavy atom. The van der Waals surface area contributed by atoms with Gasteiger partial charge in [-0.05, 0) is 11.6 Å². The van der Waals surface area contributed by atoms with Gasteiger partial charge in [0, 0.05) is 25.7 Å². The van der Waals surface area contributed by atoms with Crippen LogP contribution in [0.1, 0.15) is 53.4 Å². The summed E-state index contributed by atoms with van der Waals surface area (Å²) in [5.74, 6) is -1.22. The summed E-state index contributed by atoms with van der Waals surface area (Å²) >= 11 is 4.82. The Kier molecular flexibility index (Phi) is 24.8. The lowest BCUT2D eigenvalue weighted by Gasteiger charge is -2.17. The molecule has 0 atom stereocenters. The van der Waals surface area contributed by atoms with Crippen LogP contribution in [-0.4, -0.2) is 77.1 Å². The fourth-order valence-corrected chi connectivity index (χ4v) is 1.02. The van der Waals surface area contributed by atoms with Crippen molar-refractivity contribution in [3.05, 3.63) is 0 Å². The van der Waals surface area contributed by atoms with Crippen LogP contribution >= 0.6 is 11.6 Å². The summed E-state index contributed by atoms with van der Waals surface area (Å²) in [6.07, 6.45) is -0.582. The molecule has 0 aliphatic rings. The number of aliphatic hydroxyl groups is 3. The molecule has 0 amide bonds. The minimum atomic E-state index is -0.954. The van der Waals surface area contributed by atoms with Crippen LogP contribution in [0.5, 0.6) is 0 Å². The number of carbonyl (C=O) groups is 4. The minimum absolute atomic E-state index is 0.102. The van der Waals surface area contributed by atoms with Gasteiger partial charge in [0.15, 0.2) is 6.10 Å². The molecule has 3 N–H and O–H groups in total. The average molecular weight is 445 g/mol. The van der Waals surface area contributed by atoms with E-state index in [1.165, 1.54) is 0 Å². The molecule has 0 unspecified atom stereocenters. The highest BCUT2D eigenvalue weighted by Gasteiger charge is 2.17. The molecular formula is C18H33ClO10. The Hall–Kier alpha value is -1.75. The SMILES string of the molecule is CCC(=O)Cl.CCC(=O)OCC(COC(=O)CC)OC(=O)CC.OCC(O)CO. The summed E-state index contributed by atoms with van der Waals surface area (Å²) in [7, 11) is 0. The maximum absolute atomic E-state index is 11.1. The smallest absolute Gasteiger partial charge is 0.306 e. The Morgan fingerprint density at radius 1 is 0.759 bits per heavy atom. The predicted molar refractivity (Wildman–Crippen MR) is 104 cm³/mol. The Morgan fingerprint density at radius 3 is 1.31 bits per heavy atom. The highest BCUT2D eigenvalue weighted by molar-refractivity contribution is 6.63. The Balaban J connectivity index is -0.000000502. The number of hydrogen-bond donors (Lipinski definition) is 3. The lowest BCUT2D eigenvalue weighted by molar-refractivity contribution is -0.166. The van der Waals surface area contributed by atoms with Gasteiger partial charge in [-0.1, -0.05) is 27.7 Å². The molecule has 0 fully saturated rings. The fraction of sp³-hybridized carbons (Fsp3) is 0.778. The van der Waals surface area contributed by atoms with Crippen molar-refractivity contribution in [2.24, 2.45) is 0 Å². The van der Waals surface area contributed by atoms with Crippen LogP contribution in [0.2, 0.25) is 0 Å². The Bertz CT molecular complexity index is 432. The monoisotopic (exact) mass is 444 g/mol. The number of hydrogen-bond acceptors (Lipinski definition) is 10. The molecule has 29 heavy (non-hydrogen) atoms. The number of carbonyl (C=O) groups excluding carboxylic acids is 4. The lowest BCUT2D eigenvalue weighted by Crippen LogP contribution is -2.30. The molecule has 0 bridgehead atoms. The van der Waals surface area contributed by atoms with Crippen molar-refractivity contribution >= 4 is 34.8 Å². The van der Waals surface area contributed by atoms with Gasteiger partial charge in [-0.15, -0.1) is 0 Å². The maximum Gasteiger partial charge on any atom is 0.306 e. The van der Waals surface area contributed by atoms with Crippen molar-refractivity contribution in [3.8, 4) is 0 Å². The van der Waals surface area contributed by atoms with E-state index in [9.17, 15) is 19.2 Å². The van der Waals surface area contributed by atoms with Crippen molar-refractivity contribution in [1.82, 2.24) is 0 Å². The summed E-state index contributed by atoms with van der Waals surface area (Å²) in [5, 5.41) is 23.7. The van der Waals surface area contributed by atoms with Crippen molar-refractivity contribution < 1.29 is 48.7 Å². The summed E-state index contributed by atoms with van der Waals surface area (Å²) in [6, 6.07) is 0. The van der Waals surface area contributed by atoms with E-state index in [2.05, 4.69) is 0 Å². The molecule has 10 nitrogen and oxygen atoms in total. The van der Waals surface area contributed by atoms with E-state index in [-0.39, 0.29) is 50.9 Å². The van der Waals surface area contributed by atoms with Crippen LogP contribution in [-0.2, 0) is 33.4 Å². The molecule has 0 saturated carbocycles. The molecule has 0 radical (unpaired) electrons. The topological polar surface area (TPSA) is 157 Å². The molecular weight excluding hydrogens is 412 g/mol. The number of aliphatic hydroxyl groups excluding tert-OH is 3. The molecule has 11 heteroatoms. The van der Waals surface area contributed by atoms with E-state index in [4.69, 9.17) is 41.1 Å². The quantitative estimate of drug-likeness (QED) is 0.235. The van der Waals surface area contributed by atoms with E-state index in [0.717, 1.165) is 0 Å². The first kappa shape index (κ1) is 31.9. The van der Waals surface area contributed by atoms with Crippen LogP contribution in [0.15, 0.2) is 0 Å². The average Bonchev–Trinajstić information content (AvgIpc) is 2.74. The first-order valence-corrected chi connectivity index (χ1v) is 9.58. The van der Waals surface area contributed by atoms with Crippen molar-refractivity contribution in [3.63, 3.8) is 0 Å². The third kappa shape index (κ3) is 26.2. The van der Waals surface area contributed by atoms with Crippen molar-refractivity contribution in [2.75, 3.05) is 26.4 Å². The maximum atomic E-state index is 11.1. The second-order valence-corrected chi connectivity index (χ2v) is 5.69. The highest BCUT2D eigenvalue weighted by atomic mass is 35.5. The lowest BCUT2D eigenvalue weighted by atomic mass is 10.4. The van der Waals surface area contributed by atoms with Crippen molar-refractivity contribution in [1.29, 1.82) is 0 Å². The summed E-state index contributed by atoms with van der Waals surface area (Å²) in [5.41, 5.74) is 0. The zero-order valence-corrected chi connectivity index (χ0v) is 18.1. The van der Waals surface area contributed by atoms with E-state index >= 15 is 0 Å². The van der Waals surface area contributed by atoms with Gasteiger partial charge in [0.25, 0.3) is 0 Å². The second-order valence-electron chi connectivity index (χ2n) is 5.27. The first-order valence-electron chi connectivity index (χ1n) is 9.20. The Labute approximate surface area is 176 Å². The number of rotatable bonds is 11. The normalized spacial score (nSPS) is 9.59. The standard InChI is InChI=1S/C12H20O6.C3H5ClO.C3H8O3/c1-4-10(13)16-7-9(18-12(15)6-3)8-17-11(14)5-2;1-2-3(4)5;4-1-3(6)2-5/h9H,4-8H2,1-3H3;2H2,1H3;3-6H,1-2H2. The highest BCUT2D eigenvalue weighted by Crippen LogP contribution is 2.00. The molecule has 0 aromatic carbocycles. The van der Waals surface area contributed by atoms with E-state index < -0.39 is 30.1 Å². The zero-order chi connectivity index (χ0) is 23.2. The molecule has 172 valence electrons. The van der Waals surface area contributed by atoms with E-state index in [0.29, 0.717) is 6.42 Å². The minimum Gasteiger partial charge on any atom is -0.462 e. The van der Waals surface area contributed by atoms with Gasteiger partial charge >= 0.3 is 17.9 Å². The van der Waals surface area contributed by atoms with E-state index in [1.54, 1.807) is 27.7 Å². The summed E-state index contributed by atoms with van der Waals surface area (Å²) < 4.78 is 14.7. The van der Waals surface area contributed by atoms with Crippen LogP contribution in [0.25, 0.3) is 0 Å². The molecule has 0 spiro atoms. The number of esters is 3. The molecule has 0 aromatic heterocycles. The first-order chi connectivity index (χ1) is 13.6. The van der Waals surface area contributed by atoms with Gasteiger partial charge in [-0.2, -0.15) is 0 Å². The third-order valence-electron chi connectivity index (χ3n) is 2.72. The van der Waals surface area contributed by atoms with Crippen LogP contribution < -0.4 is 0 Å². The number of ether oxygens (including phenoxy) is 3. The zero-order valence-electron chi connectivity index (χ0n) is 17.4. The van der Waals surface area contributed by atoms with Crippen LogP contribution in [0, 0.1) is 0 Å². The van der Waals surface area contributed by atoms with Gasteiger partial charge < -0.3 is 29.5 Å². The predicted octanol–water partition coefficient (Wildman–Crippen LogP) is 0.708. The molecule has 0 saturated heterocycles. The van der Waals surface area contributed by atoms with Gasteiger partial charge in [0.05, 0.1) is 13.2 Å². The number of halogens is 1. The van der Waals surface area contributed by atoms with Crippen LogP contribution in [0.3, 0.4) is 0 Å². The molecule has 0 rings (SSSR count). The molecule has 0 heterocycles.